The predicted octanol–water partition coefficient (Wildman–Crippen LogP) is 2.10. The molecular formula is C17H33ClN2O3. The summed E-state index contributed by atoms with van der Waals surface area (Å²) in [6.45, 7) is 4.97. The van der Waals surface area contributed by atoms with Crippen LogP contribution in [0.2, 0.25) is 0 Å². The number of unbranched alkanes of at least 4 members (excludes halogenated alkanes) is 3. The van der Waals surface area contributed by atoms with E-state index in [-0.39, 0.29) is 35.9 Å². The molecule has 3 N–H and O–H groups in total. The molecule has 136 valence electrons. The van der Waals surface area contributed by atoms with Crippen LogP contribution in [0, 0.1) is 5.41 Å². The fourth-order valence-corrected chi connectivity index (χ4v) is 3.92. The summed E-state index contributed by atoms with van der Waals surface area (Å²) in [7, 11) is 0. The third kappa shape index (κ3) is 4.81. The summed E-state index contributed by atoms with van der Waals surface area (Å²) >= 11 is 0. The van der Waals surface area contributed by atoms with E-state index in [0.717, 1.165) is 64.6 Å². The van der Waals surface area contributed by atoms with Crippen molar-refractivity contribution in [3.63, 3.8) is 0 Å². The lowest BCUT2D eigenvalue weighted by atomic mass is 9.58. The Hall–Kier alpha value is -0.360. The maximum absolute atomic E-state index is 12.2. The van der Waals surface area contributed by atoms with E-state index in [4.69, 9.17) is 10.5 Å². The third-order valence-electron chi connectivity index (χ3n) is 5.50. The summed E-state index contributed by atoms with van der Waals surface area (Å²) in [6, 6.07) is 0. The van der Waals surface area contributed by atoms with E-state index in [1.165, 1.54) is 0 Å². The van der Waals surface area contributed by atoms with Crippen LogP contribution in [0.4, 0.5) is 0 Å². The number of likely N-dealkylation sites (tertiary alicyclic amines) is 1. The number of aliphatic hydroxyl groups excluding tert-OH is 1. The highest BCUT2D eigenvalue weighted by atomic mass is 35.5. The molecule has 2 atom stereocenters. The fourth-order valence-electron chi connectivity index (χ4n) is 3.92. The number of nitrogens with two attached hydrogens (primary N) is 1. The molecule has 23 heavy (non-hydrogen) atoms. The van der Waals surface area contributed by atoms with E-state index in [1.807, 2.05) is 11.8 Å². The Bertz CT molecular complexity index is 358. The van der Waals surface area contributed by atoms with Gasteiger partial charge in [-0.3, -0.25) is 4.79 Å². The van der Waals surface area contributed by atoms with Crippen molar-refractivity contribution in [2.45, 2.75) is 70.5 Å². The van der Waals surface area contributed by atoms with Gasteiger partial charge in [0.1, 0.15) is 0 Å². The Labute approximate surface area is 146 Å². The summed E-state index contributed by atoms with van der Waals surface area (Å²) in [5.41, 5.74) is 5.38. The van der Waals surface area contributed by atoms with Crippen molar-refractivity contribution in [3.05, 3.63) is 0 Å². The SMILES string of the molecule is CCOC1CC(O)C12CCN(C(=O)CCCCCCN)CC2.Cl. The van der Waals surface area contributed by atoms with Crippen LogP contribution in [0.3, 0.4) is 0 Å². The van der Waals surface area contributed by atoms with Gasteiger partial charge in [0, 0.05) is 38.0 Å². The monoisotopic (exact) mass is 348 g/mol. The number of carbonyl (C=O) groups is 1. The molecular weight excluding hydrogens is 316 g/mol. The predicted molar refractivity (Wildman–Crippen MR) is 93.7 cm³/mol. The number of carbonyl (C=O) groups excluding carboxylic acids is 1. The van der Waals surface area contributed by atoms with Crippen LogP contribution in [0.25, 0.3) is 0 Å². The number of hydrogen-bond donors (Lipinski definition) is 2. The maximum atomic E-state index is 12.2. The first-order valence-electron chi connectivity index (χ1n) is 8.91. The Morgan fingerprint density at radius 2 is 1.91 bits per heavy atom. The Morgan fingerprint density at radius 3 is 2.48 bits per heavy atom. The average molecular weight is 349 g/mol. The highest BCUT2D eigenvalue weighted by Crippen LogP contribution is 2.50. The zero-order chi connectivity index (χ0) is 16.0. The number of halogens is 1. The van der Waals surface area contributed by atoms with Gasteiger partial charge in [-0.25, -0.2) is 0 Å². The molecule has 0 radical (unpaired) electrons. The van der Waals surface area contributed by atoms with Crippen molar-refractivity contribution in [3.8, 4) is 0 Å². The molecule has 0 aromatic carbocycles. The Balaban J connectivity index is 0.00000264. The molecule has 1 saturated carbocycles. The molecule has 2 fully saturated rings. The first-order chi connectivity index (χ1) is 10.6. The van der Waals surface area contributed by atoms with Crippen LogP contribution in [0.15, 0.2) is 0 Å². The Kier molecular flexibility index (Phi) is 8.83. The van der Waals surface area contributed by atoms with Crippen molar-refractivity contribution < 1.29 is 14.6 Å². The second-order valence-corrected chi connectivity index (χ2v) is 6.76. The second kappa shape index (κ2) is 9.82. The summed E-state index contributed by atoms with van der Waals surface area (Å²) < 4.78 is 5.77. The molecule has 1 amide bonds. The highest BCUT2D eigenvalue weighted by molar-refractivity contribution is 5.85. The van der Waals surface area contributed by atoms with Gasteiger partial charge in [0.25, 0.3) is 0 Å². The lowest BCUT2D eigenvalue weighted by Gasteiger charge is -2.56. The van der Waals surface area contributed by atoms with Crippen molar-refractivity contribution in [1.82, 2.24) is 4.90 Å². The summed E-state index contributed by atoms with van der Waals surface area (Å²) in [4.78, 5) is 14.2. The first-order valence-corrected chi connectivity index (χ1v) is 8.91. The number of piperidine rings is 1. The van der Waals surface area contributed by atoms with Gasteiger partial charge in [-0.05, 0) is 39.2 Å². The van der Waals surface area contributed by atoms with Crippen LogP contribution >= 0.6 is 12.4 Å². The van der Waals surface area contributed by atoms with E-state index in [0.29, 0.717) is 13.0 Å². The first kappa shape index (κ1) is 20.7. The molecule has 2 aliphatic rings. The molecule has 5 nitrogen and oxygen atoms in total. The molecule has 1 spiro atoms. The minimum Gasteiger partial charge on any atom is -0.392 e. The van der Waals surface area contributed by atoms with E-state index >= 15 is 0 Å². The average Bonchev–Trinajstić information content (AvgIpc) is 2.54. The van der Waals surface area contributed by atoms with Crippen molar-refractivity contribution in [2.75, 3.05) is 26.2 Å². The molecule has 0 aromatic rings. The smallest absolute Gasteiger partial charge is 0.222 e. The number of ether oxygens (including phenoxy) is 1. The van der Waals surface area contributed by atoms with Gasteiger partial charge in [0.2, 0.25) is 5.91 Å². The largest absolute Gasteiger partial charge is 0.392 e. The standard InChI is InChI=1S/C17H32N2O3.ClH/c1-2-22-15-13-14(20)17(15)8-11-19(12-9-17)16(21)7-5-3-4-6-10-18;/h14-15,20H,2-13,18H2,1H3;1H. The van der Waals surface area contributed by atoms with Crippen LogP contribution in [-0.2, 0) is 9.53 Å². The van der Waals surface area contributed by atoms with Gasteiger partial charge < -0.3 is 20.5 Å². The quantitative estimate of drug-likeness (QED) is 0.659. The van der Waals surface area contributed by atoms with E-state index < -0.39 is 0 Å². The van der Waals surface area contributed by atoms with Gasteiger partial charge in [-0.15, -0.1) is 12.4 Å². The maximum Gasteiger partial charge on any atom is 0.222 e. The zero-order valence-corrected chi connectivity index (χ0v) is 15.2. The van der Waals surface area contributed by atoms with Gasteiger partial charge in [-0.1, -0.05) is 12.8 Å². The number of amides is 1. The highest BCUT2D eigenvalue weighted by Gasteiger charge is 2.56. The summed E-state index contributed by atoms with van der Waals surface area (Å²) in [5.74, 6) is 0.268. The lowest BCUT2D eigenvalue weighted by Crippen LogP contribution is -2.62. The van der Waals surface area contributed by atoms with E-state index in [1.54, 1.807) is 0 Å². The topological polar surface area (TPSA) is 75.8 Å². The van der Waals surface area contributed by atoms with Crippen molar-refractivity contribution in [1.29, 1.82) is 0 Å². The zero-order valence-electron chi connectivity index (χ0n) is 14.3. The number of rotatable bonds is 8. The molecule has 2 unspecified atom stereocenters. The van der Waals surface area contributed by atoms with Crippen molar-refractivity contribution in [2.24, 2.45) is 11.1 Å². The normalized spacial score (nSPS) is 25.8. The molecule has 0 aromatic heterocycles. The molecule has 1 saturated heterocycles. The molecule has 0 bridgehead atoms. The summed E-state index contributed by atoms with van der Waals surface area (Å²) in [5, 5.41) is 10.2. The fraction of sp³-hybridized carbons (Fsp3) is 0.941. The minimum absolute atomic E-state index is 0. The summed E-state index contributed by atoms with van der Waals surface area (Å²) in [6.07, 6.45) is 7.30. The second-order valence-electron chi connectivity index (χ2n) is 6.76. The Morgan fingerprint density at radius 1 is 1.26 bits per heavy atom. The van der Waals surface area contributed by atoms with Crippen LogP contribution in [0.5, 0.6) is 0 Å². The van der Waals surface area contributed by atoms with Crippen LogP contribution in [0.1, 0.15) is 58.3 Å². The van der Waals surface area contributed by atoms with Gasteiger partial charge in [0.05, 0.1) is 12.2 Å². The molecule has 1 aliphatic heterocycles. The lowest BCUT2D eigenvalue weighted by molar-refractivity contribution is -0.210. The molecule has 6 heteroatoms. The third-order valence-corrected chi connectivity index (χ3v) is 5.50. The molecule has 1 heterocycles. The van der Waals surface area contributed by atoms with Gasteiger partial charge in [-0.2, -0.15) is 0 Å². The van der Waals surface area contributed by atoms with Crippen LogP contribution in [-0.4, -0.2) is 54.4 Å². The van der Waals surface area contributed by atoms with E-state index in [2.05, 4.69) is 0 Å². The van der Waals surface area contributed by atoms with Crippen molar-refractivity contribution >= 4 is 18.3 Å². The van der Waals surface area contributed by atoms with Gasteiger partial charge >= 0.3 is 0 Å². The number of aliphatic hydroxyl groups is 1. The number of nitrogens with zero attached hydrogens (tertiary/aromatic N) is 1. The minimum atomic E-state index is -0.252. The molecule has 2 rings (SSSR count). The number of hydrogen-bond acceptors (Lipinski definition) is 4. The van der Waals surface area contributed by atoms with Gasteiger partial charge in [0.15, 0.2) is 0 Å². The van der Waals surface area contributed by atoms with E-state index in [9.17, 15) is 9.90 Å². The van der Waals surface area contributed by atoms with Crippen LogP contribution < -0.4 is 5.73 Å². The molecule has 1 aliphatic carbocycles.